The molecule has 0 bridgehead atoms. The number of aryl methyl sites for hydroxylation is 1. The summed E-state index contributed by atoms with van der Waals surface area (Å²) in [5, 5.41) is 0.670. The van der Waals surface area contributed by atoms with Crippen LogP contribution < -0.4 is 5.56 Å². The van der Waals surface area contributed by atoms with Crippen LogP contribution in [0.1, 0.15) is 27.4 Å². The predicted octanol–water partition coefficient (Wildman–Crippen LogP) is 5.52. The van der Waals surface area contributed by atoms with Crippen LogP contribution in [0.3, 0.4) is 0 Å². The van der Waals surface area contributed by atoms with E-state index in [1.807, 2.05) is 97.7 Å². The van der Waals surface area contributed by atoms with Crippen molar-refractivity contribution in [1.82, 2.24) is 13.9 Å². The van der Waals surface area contributed by atoms with E-state index in [0.29, 0.717) is 22.0 Å². The zero-order chi connectivity index (χ0) is 23.0. The summed E-state index contributed by atoms with van der Waals surface area (Å²) in [4.78, 5) is 27.5. The first-order chi connectivity index (χ1) is 15.3. The van der Waals surface area contributed by atoms with Gasteiger partial charge in [0.25, 0.3) is 5.56 Å². The molecule has 2 heterocycles. The fraction of sp³-hybridized carbons (Fsp3) is 0.200. The molecule has 0 unspecified atom stereocenters. The number of hydrogen-bond donors (Lipinski definition) is 0. The summed E-state index contributed by atoms with van der Waals surface area (Å²) in [5.74, 6) is 0.342. The minimum atomic E-state index is -0.118. The van der Waals surface area contributed by atoms with Crippen molar-refractivity contribution in [3.63, 3.8) is 0 Å². The molecule has 0 fully saturated rings. The van der Waals surface area contributed by atoms with Crippen LogP contribution in [-0.4, -0.2) is 25.5 Å². The third-order valence-electron chi connectivity index (χ3n) is 5.66. The van der Waals surface area contributed by atoms with Crippen LogP contribution >= 0.6 is 23.4 Å². The molecule has 0 atom stereocenters. The molecule has 0 radical (unpaired) electrons. The summed E-state index contributed by atoms with van der Waals surface area (Å²) in [6, 6.07) is 18.9. The normalized spacial score (nSPS) is 11.2. The molecule has 4 rings (SSSR count). The van der Waals surface area contributed by atoms with E-state index in [1.165, 1.54) is 11.8 Å². The zero-order valence-corrected chi connectivity index (χ0v) is 20.0. The third kappa shape index (κ3) is 3.96. The van der Waals surface area contributed by atoms with E-state index < -0.39 is 0 Å². The van der Waals surface area contributed by atoms with Crippen LogP contribution in [0.25, 0.3) is 11.4 Å². The summed E-state index contributed by atoms with van der Waals surface area (Å²) in [7, 11) is 1.87. The SMILES string of the molecule is Cc1cc(C(=O)CSc2ccc(Cl)cc2)c(C)n1-c1c(C)n(C)n(-c2ccccc2)c1=O. The molecule has 32 heavy (non-hydrogen) atoms. The van der Waals surface area contributed by atoms with Crippen molar-refractivity contribution in [2.75, 3.05) is 5.75 Å². The molecule has 0 saturated carbocycles. The Balaban J connectivity index is 1.70. The molecule has 0 saturated heterocycles. The van der Waals surface area contributed by atoms with Crippen LogP contribution in [0.4, 0.5) is 0 Å². The topological polar surface area (TPSA) is 48.9 Å². The van der Waals surface area contributed by atoms with E-state index in [0.717, 1.165) is 27.7 Å². The monoisotopic (exact) mass is 465 g/mol. The highest BCUT2D eigenvalue weighted by Crippen LogP contribution is 2.26. The highest BCUT2D eigenvalue weighted by atomic mass is 35.5. The van der Waals surface area contributed by atoms with Crippen molar-refractivity contribution in [3.05, 3.63) is 98.7 Å². The predicted molar refractivity (Wildman–Crippen MR) is 131 cm³/mol. The Morgan fingerprint density at radius 2 is 1.62 bits per heavy atom. The standard InChI is InChI=1S/C25H24ClN3O2S/c1-16-14-22(23(30)15-32-21-12-10-19(26)11-13-21)17(2)28(16)24-18(3)27(4)29(25(24)31)20-8-6-5-7-9-20/h5-14H,15H2,1-4H3. The first-order valence-electron chi connectivity index (χ1n) is 10.2. The molecular formula is C25H24ClN3O2S. The lowest BCUT2D eigenvalue weighted by Gasteiger charge is -2.08. The van der Waals surface area contributed by atoms with Gasteiger partial charge < -0.3 is 4.57 Å². The van der Waals surface area contributed by atoms with Crippen LogP contribution in [0.5, 0.6) is 0 Å². The molecule has 5 nitrogen and oxygen atoms in total. The maximum Gasteiger partial charge on any atom is 0.295 e. The van der Waals surface area contributed by atoms with Gasteiger partial charge in [0.2, 0.25) is 0 Å². The number of thioether (sulfide) groups is 1. The Morgan fingerprint density at radius 3 is 2.28 bits per heavy atom. The summed E-state index contributed by atoms with van der Waals surface area (Å²) in [6.07, 6.45) is 0. The summed E-state index contributed by atoms with van der Waals surface area (Å²) < 4.78 is 5.41. The third-order valence-corrected chi connectivity index (χ3v) is 6.93. The van der Waals surface area contributed by atoms with Gasteiger partial charge in [0, 0.05) is 33.9 Å². The second kappa shape index (κ2) is 8.88. The summed E-state index contributed by atoms with van der Waals surface area (Å²) in [5.41, 5.74) is 4.34. The number of carbonyl (C=O) groups excluding carboxylic acids is 1. The van der Waals surface area contributed by atoms with Gasteiger partial charge in [-0.2, -0.15) is 0 Å². The number of nitrogens with zero attached hydrogens (tertiary/aromatic N) is 3. The van der Waals surface area contributed by atoms with Gasteiger partial charge in [-0.05, 0) is 63.2 Å². The van der Waals surface area contributed by atoms with E-state index in [4.69, 9.17) is 11.6 Å². The molecule has 4 aromatic rings. The molecule has 0 amide bonds. The number of ketones is 1. The molecule has 164 valence electrons. The first kappa shape index (κ1) is 22.2. The van der Waals surface area contributed by atoms with Gasteiger partial charge in [-0.1, -0.05) is 29.8 Å². The highest BCUT2D eigenvalue weighted by Gasteiger charge is 2.23. The Kier molecular flexibility index (Phi) is 6.17. The number of aromatic nitrogens is 3. The van der Waals surface area contributed by atoms with E-state index in [2.05, 4.69) is 0 Å². The molecule has 7 heteroatoms. The number of carbonyl (C=O) groups is 1. The fourth-order valence-electron chi connectivity index (χ4n) is 3.96. The molecule has 2 aromatic carbocycles. The van der Waals surface area contributed by atoms with Crippen molar-refractivity contribution >= 4 is 29.1 Å². The molecule has 0 aliphatic carbocycles. The molecule has 0 aliphatic heterocycles. The number of halogens is 1. The lowest BCUT2D eigenvalue weighted by Crippen LogP contribution is -2.22. The zero-order valence-electron chi connectivity index (χ0n) is 18.4. The van der Waals surface area contributed by atoms with Crippen molar-refractivity contribution in [3.8, 4) is 11.4 Å². The van der Waals surface area contributed by atoms with E-state index >= 15 is 0 Å². The van der Waals surface area contributed by atoms with E-state index in [1.54, 1.807) is 4.68 Å². The van der Waals surface area contributed by atoms with Gasteiger partial charge in [-0.3, -0.25) is 14.3 Å². The minimum Gasteiger partial charge on any atom is -0.311 e. The molecule has 2 aromatic heterocycles. The highest BCUT2D eigenvalue weighted by molar-refractivity contribution is 8.00. The number of Topliss-reactive ketones (excluding diaryl/α,β-unsaturated/α-hetero) is 1. The van der Waals surface area contributed by atoms with E-state index in [-0.39, 0.29) is 11.3 Å². The van der Waals surface area contributed by atoms with Crippen molar-refractivity contribution in [2.24, 2.45) is 7.05 Å². The number of hydrogen-bond acceptors (Lipinski definition) is 3. The molecule has 0 spiro atoms. The Bertz CT molecular complexity index is 1350. The lowest BCUT2D eigenvalue weighted by atomic mass is 10.2. The first-order valence-corrected chi connectivity index (χ1v) is 11.6. The molecular weight excluding hydrogens is 442 g/mol. The Labute approximate surface area is 196 Å². The van der Waals surface area contributed by atoms with E-state index in [9.17, 15) is 9.59 Å². The van der Waals surface area contributed by atoms with Crippen molar-refractivity contribution in [1.29, 1.82) is 0 Å². The van der Waals surface area contributed by atoms with Crippen LogP contribution in [-0.2, 0) is 7.05 Å². The lowest BCUT2D eigenvalue weighted by molar-refractivity contribution is 0.102. The van der Waals surface area contributed by atoms with Crippen LogP contribution in [0, 0.1) is 20.8 Å². The van der Waals surface area contributed by atoms with Gasteiger partial charge in [0.1, 0.15) is 5.69 Å². The second-order valence-corrected chi connectivity index (χ2v) is 9.18. The maximum absolute atomic E-state index is 13.5. The van der Waals surface area contributed by atoms with Gasteiger partial charge in [-0.25, -0.2) is 4.68 Å². The minimum absolute atomic E-state index is 0.0290. The van der Waals surface area contributed by atoms with Crippen LogP contribution in [0.15, 0.2) is 70.4 Å². The quantitative estimate of drug-likeness (QED) is 0.278. The fourth-order valence-corrected chi connectivity index (χ4v) is 4.87. The Hall–Kier alpha value is -2.96. The molecule has 0 N–H and O–H groups in total. The number of benzene rings is 2. The summed E-state index contributed by atoms with van der Waals surface area (Å²) in [6.45, 7) is 5.74. The Morgan fingerprint density at radius 1 is 0.969 bits per heavy atom. The van der Waals surface area contributed by atoms with Gasteiger partial charge in [-0.15, -0.1) is 11.8 Å². The van der Waals surface area contributed by atoms with Crippen LogP contribution in [0.2, 0.25) is 5.02 Å². The second-order valence-electron chi connectivity index (χ2n) is 7.70. The number of rotatable bonds is 6. The van der Waals surface area contributed by atoms with Gasteiger partial charge >= 0.3 is 0 Å². The average molecular weight is 466 g/mol. The van der Waals surface area contributed by atoms with Crippen molar-refractivity contribution in [2.45, 2.75) is 25.7 Å². The largest absolute Gasteiger partial charge is 0.311 e. The van der Waals surface area contributed by atoms with Gasteiger partial charge in [0.05, 0.1) is 17.1 Å². The van der Waals surface area contributed by atoms with Gasteiger partial charge in [0.15, 0.2) is 5.78 Å². The smallest absolute Gasteiger partial charge is 0.295 e. The number of para-hydroxylation sites is 1. The molecule has 0 aliphatic rings. The summed E-state index contributed by atoms with van der Waals surface area (Å²) >= 11 is 7.41. The maximum atomic E-state index is 13.5. The average Bonchev–Trinajstić information content (AvgIpc) is 3.19. The van der Waals surface area contributed by atoms with Crippen molar-refractivity contribution < 1.29 is 4.79 Å².